The van der Waals surface area contributed by atoms with E-state index >= 15 is 0 Å². The molecule has 0 atom stereocenters. The number of likely N-dealkylation sites (tertiary alicyclic amines) is 1. The molecular formula is C31H37N5O4. The van der Waals surface area contributed by atoms with Gasteiger partial charge in [0, 0.05) is 68.6 Å². The number of carbonyl (C=O) groups excluding carboxylic acids is 2. The molecule has 0 saturated carbocycles. The van der Waals surface area contributed by atoms with Crippen LogP contribution < -0.4 is 10.1 Å². The molecule has 1 aliphatic rings. The lowest BCUT2D eigenvalue weighted by Gasteiger charge is -2.32. The summed E-state index contributed by atoms with van der Waals surface area (Å²) in [7, 11) is 1.60. The highest BCUT2D eigenvalue weighted by molar-refractivity contribution is 6.00. The molecule has 2 amide bonds. The van der Waals surface area contributed by atoms with Crippen LogP contribution in [0.5, 0.6) is 11.5 Å². The molecule has 2 aromatic heterocycles. The van der Waals surface area contributed by atoms with Crippen molar-refractivity contribution in [3.63, 3.8) is 0 Å². The van der Waals surface area contributed by atoms with Crippen molar-refractivity contribution in [2.75, 3.05) is 33.4 Å². The summed E-state index contributed by atoms with van der Waals surface area (Å²) in [5, 5.41) is 7.58. The van der Waals surface area contributed by atoms with Crippen molar-refractivity contribution in [3.8, 4) is 11.5 Å². The number of nitrogens with one attached hydrogen (secondary N) is 1. The summed E-state index contributed by atoms with van der Waals surface area (Å²) in [5.41, 5.74) is 3.82. The van der Waals surface area contributed by atoms with Crippen molar-refractivity contribution in [2.24, 2.45) is 5.92 Å². The maximum atomic E-state index is 13.1. The number of allylic oxidation sites excluding steroid dienone is 1. The van der Waals surface area contributed by atoms with Gasteiger partial charge in [0.15, 0.2) is 0 Å². The van der Waals surface area contributed by atoms with E-state index in [-0.39, 0.29) is 11.8 Å². The number of carbonyl (C=O) groups is 2. The molecule has 9 nitrogen and oxygen atoms in total. The molecular weight excluding hydrogens is 506 g/mol. The minimum atomic E-state index is -0.120. The summed E-state index contributed by atoms with van der Waals surface area (Å²) < 4.78 is 12.7. The van der Waals surface area contributed by atoms with Crippen LogP contribution in [0.4, 0.5) is 0 Å². The van der Waals surface area contributed by atoms with E-state index in [2.05, 4.69) is 16.9 Å². The molecule has 9 heteroatoms. The average Bonchev–Trinajstić information content (AvgIpc) is 3.40. The Balaban J connectivity index is 1.32. The molecule has 3 aromatic rings. The molecule has 0 radical (unpaired) electrons. The molecule has 4 rings (SSSR count). The van der Waals surface area contributed by atoms with Gasteiger partial charge in [-0.1, -0.05) is 6.58 Å². The zero-order valence-corrected chi connectivity index (χ0v) is 23.4. The van der Waals surface area contributed by atoms with Gasteiger partial charge in [0.2, 0.25) is 5.91 Å². The van der Waals surface area contributed by atoms with Crippen LogP contribution in [0.25, 0.3) is 11.6 Å². The summed E-state index contributed by atoms with van der Waals surface area (Å²) in [6.45, 7) is 10.7. The number of aromatic nitrogens is 3. The average molecular weight is 544 g/mol. The third-order valence-corrected chi connectivity index (χ3v) is 7.22. The van der Waals surface area contributed by atoms with Crippen molar-refractivity contribution in [2.45, 2.75) is 33.2 Å². The predicted octanol–water partition coefficient (Wildman–Crippen LogP) is 4.82. The number of ether oxygens (including phenoxy) is 2. The molecule has 0 unspecified atom stereocenters. The second kappa shape index (κ2) is 13.7. The molecule has 0 bridgehead atoms. The number of amides is 2. The lowest BCUT2D eigenvalue weighted by atomic mass is 9.96. The number of pyridine rings is 1. The molecule has 0 spiro atoms. The smallest absolute Gasteiger partial charge is 0.253 e. The number of piperidine rings is 1. The number of benzene rings is 1. The van der Waals surface area contributed by atoms with Crippen molar-refractivity contribution >= 4 is 23.5 Å². The van der Waals surface area contributed by atoms with Gasteiger partial charge in [0.05, 0.1) is 12.3 Å². The van der Waals surface area contributed by atoms with Crippen LogP contribution >= 0.6 is 0 Å². The van der Waals surface area contributed by atoms with E-state index in [0.29, 0.717) is 54.8 Å². The van der Waals surface area contributed by atoms with Crippen LogP contribution in [0, 0.1) is 5.92 Å². The Kier molecular flexibility index (Phi) is 9.86. The Bertz CT molecular complexity index is 1340. The van der Waals surface area contributed by atoms with Gasteiger partial charge in [0.1, 0.15) is 11.5 Å². The standard InChI is InChI=1S/C31H37N5O4/c1-5-29-28(22(2)23(3)30(37)33-16-19-39-4)21-36(34-29)20-24-12-17-35(18-13-24)31(38)25-6-8-26(9-7-25)40-27-10-14-32-15-11-27/h5-11,14-15,21,24H,1,12-13,16-20H2,2-4H3,(H,33,37)/b23-22+. The van der Waals surface area contributed by atoms with Gasteiger partial charge in [-0.15, -0.1) is 0 Å². The van der Waals surface area contributed by atoms with Crippen LogP contribution in [-0.2, 0) is 16.1 Å². The van der Waals surface area contributed by atoms with Gasteiger partial charge in [-0.3, -0.25) is 19.3 Å². The number of hydrogen-bond donors (Lipinski definition) is 1. The first-order valence-electron chi connectivity index (χ1n) is 13.5. The third kappa shape index (κ3) is 7.24. The summed E-state index contributed by atoms with van der Waals surface area (Å²) in [6.07, 6.45) is 8.84. The first-order valence-corrected chi connectivity index (χ1v) is 13.5. The van der Waals surface area contributed by atoms with E-state index in [0.717, 1.165) is 36.2 Å². The summed E-state index contributed by atoms with van der Waals surface area (Å²) in [4.78, 5) is 31.5. The zero-order chi connectivity index (χ0) is 28.5. The molecule has 40 heavy (non-hydrogen) atoms. The fraction of sp³-hybridized carbons (Fsp3) is 0.355. The van der Waals surface area contributed by atoms with Crippen LogP contribution in [0.3, 0.4) is 0 Å². The fourth-order valence-electron chi connectivity index (χ4n) is 4.71. The molecule has 3 heterocycles. The minimum Gasteiger partial charge on any atom is -0.457 e. The van der Waals surface area contributed by atoms with E-state index in [1.54, 1.807) is 37.7 Å². The quantitative estimate of drug-likeness (QED) is 0.275. The van der Waals surface area contributed by atoms with E-state index in [1.165, 1.54) is 0 Å². The highest BCUT2D eigenvalue weighted by atomic mass is 16.5. The van der Waals surface area contributed by atoms with Crippen molar-refractivity contribution < 1.29 is 19.1 Å². The maximum Gasteiger partial charge on any atom is 0.253 e. The number of nitrogens with zero attached hydrogens (tertiary/aromatic N) is 4. The van der Waals surface area contributed by atoms with Crippen LogP contribution in [0.2, 0.25) is 0 Å². The van der Waals surface area contributed by atoms with Gasteiger partial charge < -0.3 is 19.7 Å². The highest BCUT2D eigenvalue weighted by Gasteiger charge is 2.25. The topological polar surface area (TPSA) is 98.6 Å². The second-order valence-electron chi connectivity index (χ2n) is 9.90. The Labute approximate surface area is 235 Å². The van der Waals surface area contributed by atoms with Crippen molar-refractivity contribution in [1.82, 2.24) is 25.0 Å². The number of hydrogen-bond acceptors (Lipinski definition) is 6. The van der Waals surface area contributed by atoms with Crippen LogP contribution in [0.15, 0.2) is 67.1 Å². The lowest BCUT2D eigenvalue weighted by Crippen LogP contribution is -2.39. The molecule has 1 aliphatic heterocycles. The lowest BCUT2D eigenvalue weighted by molar-refractivity contribution is -0.117. The highest BCUT2D eigenvalue weighted by Crippen LogP contribution is 2.26. The summed E-state index contributed by atoms with van der Waals surface area (Å²) in [6, 6.07) is 10.8. The maximum absolute atomic E-state index is 13.1. The molecule has 1 aromatic carbocycles. The van der Waals surface area contributed by atoms with Gasteiger partial charge in [-0.2, -0.15) is 5.10 Å². The Morgan fingerprint density at radius 1 is 1.07 bits per heavy atom. The van der Waals surface area contributed by atoms with Crippen molar-refractivity contribution in [1.29, 1.82) is 0 Å². The van der Waals surface area contributed by atoms with E-state index in [4.69, 9.17) is 14.6 Å². The number of methoxy groups -OCH3 is 1. The van der Waals surface area contributed by atoms with E-state index in [9.17, 15) is 9.59 Å². The summed E-state index contributed by atoms with van der Waals surface area (Å²) >= 11 is 0. The third-order valence-electron chi connectivity index (χ3n) is 7.22. The fourth-order valence-corrected chi connectivity index (χ4v) is 4.71. The molecule has 210 valence electrons. The van der Waals surface area contributed by atoms with E-state index in [1.807, 2.05) is 53.9 Å². The van der Waals surface area contributed by atoms with Gasteiger partial charge in [0.25, 0.3) is 5.91 Å². The van der Waals surface area contributed by atoms with Crippen LogP contribution in [0.1, 0.15) is 48.3 Å². The number of rotatable bonds is 11. The van der Waals surface area contributed by atoms with Crippen LogP contribution in [-0.4, -0.2) is 64.8 Å². The first kappa shape index (κ1) is 28.8. The molecule has 1 N–H and O–H groups in total. The SMILES string of the molecule is C=Cc1nn(CC2CCN(C(=O)c3ccc(Oc4ccncc4)cc3)CC2)cc1/C(C)=C(\C)C(=O)NCCOC. The zero-order valence-electron chi connectivity index (χ0n) is 23.4. The van der Waals surface area contributed by atoms with Gasteiger partial charge in [-0.25, -0.2) is 0 Å². The minimum absolute atomic E-state index is 0.0317. The van der Waals surface area contributed by atoms with Gasteiger partial charge in [-0.05, 0) is 80.7 Å². The van der Waals surface area contributed by atoms with E-state index < -0.39 is 0 Å². The Morgan fingerprint density at radius 2 is 1.75 bits per heavy atom. The monoisotopic (exact) mass is 543 g/mol. The second-order valence-corrected chi connectivity index (χ2v) is 9.90. The largest absolute Gasteiger partial charge is 0.457 e. The normalized spacial score (nSPS) is 14.4. The van der Waals surface area contributed by atoms with Gasteiger partial charge >= 0.3 is 0 Å². The molecule has 1 fully saturated rings. The Hall–Kier alpha value is -4.24. The summed E-state index contributed by atoms with van der Waals surface area (Å²) in [5.74, 6) is 1.68. The molecule has 1 saturated heterocycles. The predicted molar refractivity (Wildman–Crippen MR) is 155 cm³/mol. The molecule has 0 aliphatic carbocycles. The first-order chi connectivity index (χ1) is 19.4. The van der Waals surface area contributed by atoms with Crippen molar-refractivity contribution in [3.05, 3.63) is 84.0 Å². The Morgan fingerprint density at radius 3 is 2.40 bits per heavy atom.